The van der Waals surface area contributed by atoms with E-state index in [0.29, 0.717) is 0 Å². The minimum atomic E-state index is 1.18. The Kier molecular flexibility index (Phi) is 13.9. The van der Waals surface area contributed by atoms with Gasteiger partial charge in [0.05, 0.1) is 0 Å². The largest absolute Gasteiger partial charge is 0.356 e. The van der Waals surface area contributed by atoms with Crippen LogP contribution < -0.4 is 5.32 Å². The molecule has 0 fully saturated rings. The summed E-state index contributed by atoms with van der Waals surface area (Å²) < 4.78 is 0. The highest BCUT2D eigenvalue weighted by atomic mass is 14.9. The molecule has 2 rings (SSSR count). The van der Waals surface area contributed by atoms with Crippen molar-refractivity contribution in [2.45, 2.75) is 117 Å². The Bertz CT molecular complexity index is 596. The SMILES string of the molecule is CCCCCCCCCc1ccc(Nc2ccc(CCCCCCCCC)cc2)cc1. The van der Waals surface area contributed by atoms with Crippen LogP contribution in [-0.4, -0.2) is 0 Å². The van der Waals surface area contributed by atoms with E-state index in [1.807, 2.05) is 0 Å². The Hall–Kier alpha value is -1.76. The van der Waals surface area contributed by atoms with Crippen LogP contribution in [0.5, 0.6) is 0 Å². The first-order valence-electron chi connectivity index (χ1n) is 13.3. The zero-order chi connectivity index (χ0) is 22.0. The van der Waals surface area contributed by atoms with Crippen LogP contribution in [0.15, 0.2) is 48.5 Å². The molecule has 0 aliphatic heterocycles. The van der Waals surface area contributed by atoms with Crippen molar-refractivity contribution in [2.24, 2.45) is 0 Å². The van der Waals surface area contributed by atoms with Gasteiger partial charge < -0.3 is 5.32 Å². The van der Waals surface area contributed by atoms with Crippen LogP contribution >= 0.6 is 0 Å². The molecule has 0 aromatic heterocycles. The molecular formula is C30H47N. The molecule has 0 bridgehead atoms. The number of benzene rings is 2. The highest BCUT2D eigenvalue weighted by molar-refractivity contribution is 5.60. The molecule has 0 aliphatic carbocycles. The maximum atomic E-state index is 3.55. The van der Waals surface area contributed by atoms with Gasteiger partial charge in [-0.3, -0.25) is 0 Å². The summed E-state index contributed by atoms with van der Waals surface area (Å²) >= 11 is 0. The van der Waals surface area contributed by atoms with Gasteiger partial charge in [-0.25, -0.2) is 0 Å². The summed E-state index contributed by atoms with van der Waals surface area (Å²) in [4.78, 5) is 0. The van der Waals surface area contributed by atoms with E-state index in [-0.39, 0.29) is 0 Å². The molecule has 0 spiro atoms. The topological polar surface area (TPSA) is 12.0 Å². The molecule has 1 nitrogen and oxygen atoms in total. The maximum absolute atomic E-state index is 3.55. The van der Waals surface area contributed by atoms with E-state index in [4.69, 9.17) is 0 Å². The predicted octanol–water partition coefficient (Wildman–Crippen LogP) is 10.0. The Labute approximate surface area is 193 Å². The molecule has 31 heavy (non-hydrogen) atoms. The summed E-state index contributed by atoms with van der Waals surface area (Å²) in [6, 6.07) is 18.0. The summed E-state index contributed by atoms with van der Waals surface area (Å²) in [7, 11) is 0. The third kappa shape index (κ3) is 12.0. The predicted molar refractivity (Wildman–Crippen MR) is 140 cm³/mol. The molecule has 0 saturated heterocycles. The zero-order valence-electron chi connectivity index (χ0n) is 20.4. The van der Waals surface area contributed by atoms with E-state index in [0.717, 1.165) is 0 Å². The van der Waals surface area contributed by atoms with Crippen molar-refractivity contribution in [3.05, 3.63) is 59.7 Å². The molecule has 0 atom stereocenters. The summed E-state index contributed by atoms with van der Waals surface area (Å²) in [6.07, 6.45) is 21.7. The van der Waals surface area contributed by atoms with Crippen molar-refractivity contribution in [2.75, 3.05) is 5.32 Å². The Balaban J connectivity index is 1.61. The molecule has 0 saturated carbocycles. The third-order valence-electron chi connectivity index (χ3n) is 6.33. The second-order valence-electron chi connectivity index (χ2n) is 9.26. The fourth-order valence-corrected chi connectivity index (χ4v) is 4.25. The summed E-state index contributed by atoms with van der Waals surface area (Å²) in [6.45, 7) is 4.57. The van der Waals surface area contributed by atoms with Gasteiger partial charge in [-0.1, -0.05) is 115 Å². The van der Waals surface area contributed by atoms with Gasteiger partial charge in [-0.2, -0.15) is 0 Å². The van der Waals surface area contributed by atoms with Crippen LogP contribution in [0.4, 0.5) is 11.4 Å². The number of unbranched alkanes of at least 4 members (excludes halogenated alkanes) is 12. The molecular weight excluding hydrogens is 374 g/mol. The first-order valence-corrected chi connectivity index (χ1v) is 13.3. The number of nitrogens with one attached hydrogen (secondary N) is 1. The normalized spacial score (nSPS) is 11.0. The molecule has 0 aliphatic rings. The summed E-state index contributed by atoms with van der Waals surface area (Å²) in [5, 5.41) is 3.55. The molecule has 0 amide bonds. The van der Waals surface area contributed by atoms with E-state index in [1.54, 1.807) is 0 Å². The lowest BCUT2D eigenvalue weighted by Gasteiger charge is -2.09. The van der Waals surface area contributed by atoms with E-state index < -0.39 is 0 Å². The van der Waals surface area contributed by atoms with Gasteiger partial charge in [0.25, 0.3) is 0 Å². The Morgan fingerprint density at radius 2 is 0.742 bits per heavy atom. The molecule has 1 N–H and O–H groups in total. The smallest absolute Gasteiger partial charge is 0.0384 e. The third-order valence-corrected chi connectivity index (χ3v) is 6.33. The first kappa shape index (κ1) is 25.5. The van der Waals surface area contributed by atoms with E-state index in [9.17, 15) is 0 Å². The van der Waals surface area contributed by atoms with E-state index >= 15 is 0 Å². The molecule has 2 aromatic rings. The van der Waals surface area contributed by atoms with Crippen LogP contribution in [0.2, 0.25) is 0 Å². The number of hydrogen-bond acceptors (Lipinski definition) is 1. The highest BCUT2D eigenvalue weighted by Gasteiger charge is 1.99. The van der Waals surface area contributed by atoms with Crippen molar-refractivity contribution in [1.29, 1.82) is 0 Å². The van der Waals surface area contributed by atoms with Gasteiger partial charge in [0.2, 0.25) is 0 Å². The van der Waals surface area contributed by atoms with Crippen LogP contribution in [0.1, 0.15) is 115 Å². The lowest BCUT2D eigenvalue weighted by atomic mass is 10.0. The monoisotopic (exact) mass is 421 g/mol. The molecule has 0 unspecified atom stereocenters. The lowest BCUT2D eigenvalue weighted by Crippen LogP contribution is -1.93. The number of aryl methyl sites for hydroxylation is 2. The number of rotatable bonds is 18. The zero-order valence-corrected chi connectivity index (χ0v) is 20.4. The fourth-order valence-electron chi connectivity index (χ4n) is 4.25. The summed E-state index contributed by atoms with van der Waals surface area (Å²) in [5.74, 6) is 0. The van der Waals surface area contributed by atoms with Crippen LogP contribution in [0.3, 0.4) is 0 Å². The molecule has 0 radical (unpaired) electrons. The van der Waals surface area contributed by atoms with Gasteiger partial charge in [0.1, 0.15) is 0 Å². The van der Waals surface area contributed by atoms with Crippen molar-refractivity contribution >= 4 is 11.4 Å². The second kappa shape index (κ2) is 16.9. The minimum Gasteiger partial charge on any atom is -0.356 e. The van der Waals surface area contributed by atoms with Gasteiger partial charge >= 0.3 is 0 Å². The highest BCUT2D eigenvalue weighted by Crippen LogP contribution is 2.20. The Morgan fingerprint density at radius 3 is 1.10 bits per heavy atom. The van der Waals surface area contributed by atoms with Crippen molar-refractivity contribution in [1.82, 2.24) is 0 Å². The standard InChI is InChI=1S/C30H47N/c1-3-5-7-9-11-13-15-17-27-19-23-29(24-20-27)31-30-25-21-28(22-26-30)18-16-14-12-10-8-6-4-2/h19-26,31H,3-18H2,1-2H3. The fraction of sp³-hybridized carbons (Fsp3) is 0.600. The van der Waals surface area contributed by atoms with Crippen LogP contribution in [0.25, 0.3) is 0 Å². The number of anilines is 2. The maximum Gasteiger partial charge on any atom is 0.0384 e. The quantitative estimate of drug-likeness (QED) is 0.236. The summed E-state index contributed by atoms with van der Waals surface area (Å²) in [5.41, 5.74) is 5.29. The lowest BCUT2D eigenvalue weighted by molar-refractivity contribution is 0.589. The van der Waals surface area contributed by atoms with Gasteiger partial charge in [-0.05, 0) is 61.1 Å². The van der Waals surface area contributed by atoms with Crippen molar-refractivity contribution in [3.8, 4) is 0 Å². The molecule has 0 heterocycles. The number of hydrogen-bond donors (Lipinski definition) is 1. The average Bonchev–Trinajstić information content (AvgIpc) is 2.80. The van der Waals surface area contributed by atoms with E-state index in [2.05, 4.69) is 67.7 Å². The minimum absolute atomic E-state index is 1.18. The van der Waals surface area contributed by atoms with Crippen LogP contribution in [-0.2, 0) is 12.8 Å². The van der Waals surface area contributed by atoms with Crippen molar-refractivity contribution < 1.29 is 0 Å². The van der Waals surface area contributed by atoms with Gasteiger partial charge in [0.15, 0.2) is 0 Å². The molecule has 172 valence electrons. The van der Waals surface area contributed by atoms with Crippen LogP contribution in [0, 0.1) is 0 Å². The first-order chi connectivity index (χ1) is 15.3. The van der Waals surface area contributed by atoms with Gasteiger partial charge in [-0.15, -0.1) is 0 Å². The van der Waals surface area contributed by atoms with Gasteiger partial charge in [0, 0.05) is 11.4 Å². The average molecular weight is 422 g/mol. The van der Waals surface area contributed by atoms with E-state index in [1.165, 1.54) is 125 Å². The Morgan fingerprint density at radius 1 is 0.419 bits per heavy atom. The molecule has 2 aromatic carbocycles. The second-order valence-corrected chi connectivity index (χ2v) is 9.26. The molecule has 1 heteroatoms. The van der Waals surface area contributed by atoms with Crippen molar-refractivity contribution in [3.63, 3.8) is 0 Å².